The molecule has 1 aromatic heterocycles. The zero-order chi connectivity index (χ0) is 20.2. The van der Waals surface area contributed by atoms with E-state index in [1.807, 2.05) is 17.8 Å². The minimum absolute atomic E-state index is 0.230. The molecule has 0 spiro atoms. The van der Waals surface area contributed by atoms with Crippen LogP contribution in [-0.2, 0) is 19.6 Å². The van der Waals surface area contributed by atoms with Crippen LogP contribution in [0.15, 0.2) is 47.3 Å². The molecule has 0 saturated carbocycles. The highest BCUT2D eigenvalue weighted by Gasteiger charge is 2.34. The number of nitrogens with zero attached hydrogens (tertiary/aromatic N) is 3. The lowest BCUT2D eigenvalue weighted by molar-refractivity contribution is 0.120. The Bertz CT molecular complexity index is 866. The maximum atomic E-state index is 13.2. The summed E-state index contributed by atoms with van der Waals surface area (Å²) < 4.78 is 2.10. The molecule has 0 unspecified atom stereocenters. The van der Waals surface area contributed by atoms with Crippen LogP contribution in [0, 0.1) is 5.92 Å². The Labute approximate surface area is 178 Å². The first-order chi connectivity index (χ1) is 14.1. The van der Waals surface area contributed by atoms with Crippen molar-refractivity contribution in [2.45, 2.75) is 38.4 Å². The van der Waals surface area contributed by atoms with Gasteiger partial charge in [-0.25, -0.2) is 0 Å². The summed E-state index contributed by atoms with van der Waals surface area (Å²) in [7, 11) is 2.09. The maximum absolute atomic E-state index is 13.2. The molecule has 0 radical (unpaired) electrons. The van der Waals surface area contributed by atoms with Gasteiger partial charge >= 0.3 is 0 Å². The predicted molar refractivity (Wildman–Crippen MR) is 123 cm³/mol. The number of thioether (sulfide) groups is 1. The third-order valence-electron chi connectivity index (χ3n) is 6.32. The summed E-state index contributed by atoms with van der Waals surface area (Å²) >= 11 is 1.93. The Morgan fingerprint density at radius 2 is 1.90 bits per heavy atom. The lowest BCUT2D eigenvalue weighted by atomic mass is 9.83. The molecule has 3 heterocycles. The molecule has 5 heteroatoms. The monoisotopic (exact) mass is 411 g/mol. The van der Waals surface area contributed by atoms with Crippen LogP contribution < -0.4 is 5.56 Å². The molecule has 2 aromatic rings. The molecular formula is C24H33N3OS. The topological polar surface area (TPSA) is 28.5 Å². The SMILES string of the molecule is CSCCCN1C[C@@H]2C[C@H](C1)c1ccc(CN(C)Cc3ccccc3)c(=O)n1C2. The molecule has 0 aliphatic carbocycles. The minimum atomic E-state index is 0.230. The maximum Gasteiger partial charge on any atom is 0.255 e. The summed E-state index contributed by atoms with van der Waals surface area (Å²) in [5.41, 5.74) is 3.69. The number of pyridine rings is 1. The van der Waals surface area contributed by atoms with Crippen LogP contribution in [0.1, 0.15) is 35.6 Å². The largest absolute Gasteiger partial charge is 0.312 e. The molecule has 2 aliphatic rings. The van der Waals surface area contributed by atoms with Crippen molar-refractivity contribution in [2.24, 2.45) is 5.92 Å². The summed E-state index contributed by atoms with van der Waals surface area (Å²) in [5, 5.41) is 0. The number of piperidine rings is 1. The number of rotatable bonds is 8. The van der Waals surface area contributed by atoms with Gasteiger partial charge in [-0.1, -0.05) is 36.4 Å². The van der Waals surface area contributed by atoms with Gasteiger partial charge in [0.2, 0.25) is 0 Å². The Hall–Kier alpha value is -1.56. The summed E-state index contributed by atoms with van der Waals surface area (Å²) in [5.74, 6) is 2.37. The number of fused-ring (bicyclic) bond motifs is 4. The van der Waals surface area contributed by atoms with E-state index in [0.29, 0.717) is 18.4 Å². The van der Waals surface area contributed by atoms with Gasteiger partial charge in [-0.15, -0.1) is 0 Å². The van der Waals surface area contributed by atoms with E-state index in [4.69, 9.17) is 0 Å². The van der Waals surface area contributed by atoms with Gasteiger partial charge in [0.15, 0.2) is 0 Å². The van der Waals surface area contributed by atoms with Crippen LogP contribution in [0.3, 0.4) is 0 Å². The fourth-order valence-electron chi connectivity index (χ4n) is 5.07. The average molecular weight is 412 g/mol. The first kappa shape index (κ1) is 20.7. The van der Waals surface area contributed by atoms with Gasteiger partial charge in [0, 0.05) is 49.9 Å². The van der Waals surface area contributed by atoms with Crippen LogP contribution in [0.2, 0.25) is 0 Å². The molecule has 0 amide bonds. The van der Waals surface area contributed by atoms with Gasteiger partial charge < -0.3 is 9.47 Å². The summed E-state index contributed by atoms with van der Waals surface area (Å²) in [6.45, 7) is 5.90. The van der Waals surface area contributed by atoms with E-state index in [9.17, 15) is 4.79 Å². The van der Waals surface area contributed by atoms with Crippen LogP contribution in [0.5, 0.6) is 0 Å². The Balaban J connectivity index is 1.45. The molecule has 4 nitrogen and oxygen atoms in total. The van der Waals surface area contributed by atoms with Gasteiger partial charge in [-0.2, -0.15) is 11.8 Å². The number of benzene rings is 1. The highest BCUT2D eigenvalue weighted by atomic mass is 32.2. The van der Waals surface area contributed by atoms with Crippen molar-refractivity contribution in [3.8, 4) is 0 Å². The predicted octanol–water partition coefficient (Wildman–Crippen LogP) is 3.65. The zero-order valence-corrected chi connectivity index (χ0v) is 18.5. The molecule has 0 N–H and O–H groups in total. The lowest BCUT2D eigenvalue weighted by Crippen LogP contribution is -2.47. The summed E-state index contributed by atoms with van der Waals surface area (Å²) in [6, 6.07) is 14.8. The summed E-state index contributed by atoms with van der Waals surface area (Å²) in [6.07, 6.45) is 4.69. The van der Waals surface area contributed by atoms with Crippen molar-refractivity contribution in [3.63, 3.8) is 0 Å². The van der Waals surface area contributed by atoms with E-state index >= 15 is 0 Å². The minimum Gasteiger partial charge on any atom is -0.312 e. The van der Waals surface area contributed by atoms with E-state index in [-0.39, 0.29) is 5.56 Å². The first-order valence-electron chi connectivity index (χ1n) is 10.8. The third-order valence-corrected chi connectivity index (χ3v) is 7.01. The zero-order valence-electron chi connectivity index (χ0n) is 17.7. The van der Waals surface area contributed by atoms with E-state index < -0.39 is 0 Å². The number of likely N-dealkylation sites (tertiary alicyclic amines) is 1. The molecule has 4 rings (SSSR count). The fraction of sp³-hybridized carbons (Fsp3) is 0.542. The van der Waals surface area contributed by atoms with Crippen molar-refractivity contribution in [2.75, 3.05) is 38.7 Å². The quantitative estimate of drug-likeness (QED) is 0.620. The smallest absolute Gasteiger partial charge is 0.255 e. The second-order valence-electron chi connectivity index (χ2n) is 8.76. The third kappa shape index (κ3) is 4.96. The number of aromatic nitrogens is 1. The molecule has 2 aliphatic heterocycles. The molecule has 29 heavy (non-hydrogen) atoms. The molecule has 2 bridgehead atoms. The molecule has 2 atom stereocenters. The second kappa shape index (κ2) is 9.50. The highest BCUT2D eigenvalue weighted by molar-refractivity contribution is 7.98. The molecular weight excluding hydrogens is 378 g/mol. The highest BCUT2D eigenvalue weighted by Crippen LogP contribution is 2.35. The van der Waals surface area contributed by atoms with E-state index in [2.05, 4.69) is 64.1 Å². The second-order valence-corrected chi connectivity index (χ2v) is 9.75. The van der Waals surface area contributed by atoms with Crippen LogP contribution in [0.25, 0.3) is 0 Å². The Morgan fingerprint density at radius 3 is 2.69 bits per heavy atom. The van der Waals surface area contributed by atoms with Crippen molar-refractivity contribution in [1.82, 2.24) is 14.4 Å². The number of hydrogen-bond acceptors (Lipinski definition) is 4. The van der Waals surface area contributed by atoms with Crippen molar-refractivity contribution in [3.05, 3.63) is 69.6 Å². The molecule has 1 fully saturated rings. The molecule has 156 valence electrons. The summed E-state index contributed by atoms with van der Waals surface area (Å²) in [4.78, 5) is 18.1. The number of hydrogen-bond donors (Lipinski definition) is 0. The van der Waals surface area contributed by atoms with E-state index in [0.717, 1.165) is 31.7 Å². The van der Waals surface area contributed by atoms with Crippen molar-refractivity contribution >= 4 is 11.8 Å². The van der Waals surface area contributed by atoms with Crippen molar-refractivity contribution < 1.29 is 0 Å². The van der Waals surface area contributed by atoms with Crippen LogP contribution in [-0.4, -0.2) is 53.1 Å². The first-order valence-corrected chi connectivity index (χ1v) is 12.2. The van der Waals surface area contributed by atoms with Crippen LogP contribution in [0.4, 0.5) is 0 Å². The van der Waals surface area contributed by atoms with Gasteiger partial charge in [-0.3, -0.25) is 9.69 Å². The standard InChI is InChI=1S/C24H33N3OS/c1-25(14-19-7-4-3-5-8-19)17-21-9-10-23-22-13-20(16-27(23)24(21)28)15-26(18-22)11-6-12-29-2/h3-5,7-10,20,22H,6,11-18H2,1-2H3/t20-,22+/m0/s1. The van der Waals surface area contributed by atoms with Gasteiger partial charge in [-0.05, 0) is 56.0 Å². The lowest BCUT2D eigenvalue weighted by Gasteiger charge is -2.43. The van der Waals surface area contributed by atoms with Gasteiger partial charge in [0.1, 0.15) is 0 Å². The fourth-order valence-corrected chi connectivity index (χ4v) is 5.49. The van der Waals surface area contributed by atoms with E-state index in [1.165, 1.54) is 36.4 Å². The van der Waals surface area contributed by atoms with Crippen LogP contribution >= 0.6 is 11.8 Å². The van der Waals surface area contributed by atoms with E-state index in [1.54, 1.807) is 0 Å². The van der Waals surface area contributed by atoms with Gasteiger partial charge in [0.25, 0.3) is 5.56 Å². The Morgan fingerprint density at radius 1 is 1.07 bits per heavy atom. The van der Waals surface area contributed by atoms with Gasteiger partial charge in [0.05, 0.1) is 0 Å². The Kier molecular flexibility index (Phi) is 6.78. The molecule has 1 aromatic carbocycles. The normalized spacial score (nSPS) is 21.3. The van der Waals surface area contributed by atoms with Crippen molar-refractivity contribution in [1.29, 1.82) is 0 Å². The average Bonchev–Trinajstić information content (AvgIpc) is 2.71. The molecule has 1 saturated heterocycles.